The summed E-state index contributed by atoms with van der Waals surface area (Å²) in [6.07, 6.45) is 8.56. The van der Waals surface area contributed by atoms with Gasteiger partial charge < -0.3 is 4.74 Å². The fourth-order valence-corrected chi connectivity index (χ4v) is 4.12. The van der Waals surface area contributed by atoms with E-state index >= 15 is 0 Å². The monoisotopic (exact) mass is 296 g/mol. The normalized spacial score (nSPS) is 26.2. The molecule has 1 nitrogen and oxygen atoms in total. The first kappa shape index (κ1) is 14.3. The van der Waals surface area contributed by atoms with Crippen LogP contribution in [-0.4, -0.2) is 17.6 Å². The Hall–Kier alpha value is -0.600. The van der Waals surface area contributed by atoms with E-state index in [4.69, 9.17) is 16.3 Å². The van der Waals surface area contributed by atoms with E-state index in [1.54, 1.807) is 12.1 Å². The van der Waals surface area contributed by atoms with E-state index in [0.717, 1.165) is 18.4 Å². The minimum Gasteiger partial charge on any atom is -0.372 e. The van der Waals surface area contributed by atoms with E-state index in [1.807, 2.05) is 6.07 Å². The second-order valence-electron chi connectivity index (χ2n) is 6.31. The van der Waals surface area contributed by atoms with E-state index in [0.29, 0.717) is 12.0 Å². The Labute approximate surface area is 125 Å². The van der Waals surface area contributed by atoms with Crippen molar-refractivity contribution in [2.24, 2.45) is 0 Å². The van der Waals surface area contributed by atoms with E-state index in [-0.39, 0.29) is 17.3 Å². The van der Waals surface area contributed by atoms with Crippen LogP contribution >= 0.6 is 11.6 Å². The zero-order valence-electron chi connectivity index (χ0n) is 11.8. The summed E-state index contributed by atoms with van der Waals surface area (Å²) in [6.45, 7) is 0. The third-order valence-corrected chi connectivity index (χ3v) is 5.28. The highest BCUT2D eigenvalue weighted by molar-refractivity contribution is 6.18. The molecule has 1 aromatic rings. The maximum absolute atomic E-state index is 13.3. The topological polar surface area (TPSA) is 9.23 Å². The van der Waals surface area contributed by atoms with Gasteiger partial charge in [0.1, 0.15) is 5.82 Å². The molecule has 1 aromatic carbocycles. The van der Waals surface area contributed by atoms with Crippen LogP contribution in [0.2, 0.25) is 0 Å². The fraction of sp³-hybridized carbons (Fsp3) is 0.647. The van der Waals surface area contributed by atoms with Gasteiger partial charge in [0.05, 0.1) is 11.7 Å². The van der Waals surface area contributed by atoms with Crippen LogP contribution in [0.4, 0.5) is 4.39 Å². The average Bonchev–Trinajstić information content (AvgIpc) is 3.07. The molecular formula is C17H22ClFO. The average molecular weight is 297 g/mol. The Balaban J connectivity index is 1.64. The van der Waals surface area contributed by atoms with Gasteiger partial charge in [-0.15, -0.1) is 11.6 Å². The molecule has 1 heterocycles. The number of hydrogen-bond donors (Lipinski definition) is 0. The van der Waals surface area contributed by atoms with Gasteiger partial charge in [-0.2, -0.15) is 0 Å². The number of halogens is 2. The Kier molecular flexibility index (Phi) is 4.32. The number of rotatable bonds is 4. The van der Waals surface area contributed by atoms with Crippen molar-refractivity contribution in [3.8, 4) is 0 Å². The molecule has 1 saturated carbocycles. The van der Waals surface area contributed by atoms with Crippen LogP contribution in [0.5, 0.6) is 0 Å². The SMILES string of the molecule is Fc1cccc(C(CCl)CC2CCC3(CCCC3)O2)c1. The highest BCUT2D eigenvalue weighted by Crippen LogP contribution is 2.45. The summed E-state index contributed by atoms with van der Waals surface area (Å²) in [7, 11) is 0. The van der Waals surface area contributed by atoms with Crippen molar-refractivity contribution in [2.75, 3.05) is 5.88 Å². The van der Waals surface area contributed by atoms with Gasteiger partial charge in [0.2, 0.25) is 0 Å². The maximum Gasteiger partial charge on any atom is 0.123 e. The van der Waals surface area contributed by atoms with Crippen LogP contribution in [0, 0.1) is 5.82 Å². The maximum atomic E-state index is 13.3. The number of benzene rings is 1. The summed E-state index contributed by atoms with van der Waals surface area (Å²) in [5, 5.41) is 0. The Morgan fingerprint density at radius 2 is 2.10 bits per heavy atom. The first-order valence-electron chi connectivity index (χ1n) is 7.70. The van der Waals surface area contributed by atoms with Crippen molar-refractivity contribution < 1.29 is 9.13 Å². The van der Waals surface area contributed by atoms with E-state index in [9.17, 15) is 4.39 Å². The highest BCUT2D eigenvalue weighted by atomic mass is 35.5. The molecule has 0 amide bonds. The predicted molar refractivity (Wildman–Crippen MR) is 79.8 cm³/mol. The van der Waals surface area contributed by atoms with Gasteiger partial charge in [-0.05, 0) is 55.7 Å². The fourth-order valence-electron chi connectivity index (χ4n) is 3.81. The lowest BCUT2D eigenvalue weighted by Gasteiger charge is -2.25. The molecule has 2 atom stereocenters. The molecule has 1 saturated heterocycles. The van der Waals surface area contributed by atoms with Crippen molar-refractivity contribution in [2.45, 2.75) is 62.6 Å². The van der Waals surface area contributed by atoms with Gasteiger partial charge in [-0.1, -0.05) is 25.0 Å². The molecular weight excluding hydrogens is 275 g/mol. The van der Waals surface area contributed by atoms with Crippen LogP contribution < -0.4 is 0 Å². The van der Waals surface area contributed by atoms with Gasteiger partial charge >= 0.3 is 0 Å². The molecule has 3 heteroatoms. The van der Waals surface area contributed by atoms with Crippen LogP contribution in [0.1, 0.15) is 56.4 Å². The summed E-state index contributed by atoms with van der Waals surface area (Å²) in [5.41, 5.74) is 1.17. The second-order valence-corrected chi connectivity index (χ2v) is 6.62. The third-order valence-electron chi connectivity index (χ3n) is 4.91. The van der Waals surface area contributed by atoms with Crippen molar-refractivity contribution in [3.05, 3.63) is 35.6 Å². The molecule has 1 spiro atoms. The predicted octanol–water partition coefficient (Wildman–Crippen LogP) is 5.03. The van der Waals surface area contributed by atoms with Gasteiger partial charge in [-0.25, -0.2) is 4.39 Å². The molecule has 3 rings (SSSR count). The molecule has 110 valence electrons. The van der Waals surface area contributed by atoms with Gasteiger partial charge in [-0.3, -0.25) is 0 Å². The van der Waals surface area contributed by atoms with E-state index < -0.39 is 0 Å². The summed E-state index contributed by atoms with van der Waals surface area (Å²) in [5.74, 6) is 0.530. The minimum atomic E-state index is -0.183. The number of hydrogen-bond acceptors (Lipinski definition) is 1. The quantitative estimate of drug-likeness (QED) is 0.708. The zero-order chi connectivity index (χ0) is 14.0. The smallest absolute Gasteiger partial charge is 0.123 e. The summed E-state index contributed by atoms with van der Waals surface area (Å²) >= 11 is 6.11. The minimum absolute atomic E-state index is 0.170. The first-order valence-corrected chi connectivity index (χ1v) is 8.23. The van der Waals surface area contributed by atoms with E-state index in [1.165, 1.54) is 38.2 Å². The molecule has 0 bridgehead atoms. The molecule has 2 aliphatic rings. The lowest BCUT2D eigenvalue weighted by molar-refractivity contribution is -0.0405. The summed E-state index contributed by atoms with van der Waals surface area (Å²) < 4.78 is 19.7. The van der Waals surface area contributed by atoms with Crippen LogP contribution in [0.15, 0.2) is 24.3 Å². The molecule has 1 aliphatic heterocycles. The summed E-state index contributed by atoms with van der Waals surface area (Å²) in [4.78, 5) is 0. The standard InChI is InChI=1S/C17H22ClFO/c18-12-14(13-4-3-5-15(19)10-13)11-16-6-9-17(20-16)7-1-2-8-17/h3-5,10,14,16H,1-2,6-9,11-12H2. The second kappa shape index (κ2) is 6.03. The number of ether oxygens (including phenoxy) is 1. The van der Waals surface area contributed by atoms with Crippen LogP contribution in [0.25, 0.3) is 0 Å². The van der Waals surface area contributed by atoms with Gasteiger partial charge in [0, 0.05) is 5.88 Å². The third kappa shape index (κ3) is 3.01. The molecule has 0 N–H and O–H groups in total. The first-order chi connectivity index (χ1) is 9.71. The molecule has 2 unspecified atom stereocenters. The van der Waals surface area contributed by atoms with Crippen molar-refractivity contribution >= 4 is 11.6 Å². The molecule has 0 aromatic heterocycles. The van der Waals surface area contributed by atoms with Crippen molar-refractivity contribution in [1.29, 1.82) is 0 Å². The number of alkyl halides is 1. The largest absolute Gasteiger partial charge is 0.372 e. The van der Waals surface area contributed by atoms with Gasteiger partial charge in [0.15, 0.2) is 0 Å². The van der Waals surface area contributed by atoms with Gasteiger partial charge in [0.25, 0.3) is 0 Å². The lowest BCUT2D eigenvalue weighted by atomic mass is 9.93. The zero-order valence-corrected chi connectivity index (χ0v) is 12.5. The van der Waals surface area contributed by atoms with Crippen molar-refractivity contribution in [3.63, 3.8) is 0 Å². The molecule has 0 radical (unpaired) electrons. The van der Waals surface area contributed by atoms with Crippen molar-refractivity contribution in [1.82, 2.24) is 0 Å². The molecule has 2 fully saturated rings. The van der Waals surface area contributed by atoms with Crippen LogP contribution in [-0.2, 0) is 4.74 Å². The van der Waals surface area contributed by atoms with E-state index in [2.05, 4.69) is 0 Å². The highest BCUT2D eigenvalue weighted by Gasteiger charge is 2.42. The summed E-state index contributed by atoms with van der Waals surface area (Å²) in [6, 6.07) is 6.82. The lowest BCUT2D eigenvalue weighted by Crippen LogP contribution is -2.25. The molecule has 20 heavy (non-hydrogen) atoms. The van der Waals surface area contributed by atoms with Crippen LogP contribution in [0.3, 0.4) is 0 Å². The Bertz CT molecular complexity index is 456. The molecule has 1 aliphatic carbocycles. The Morgan fingerprint density at radius 3 is 2.80 bits per heavy atom. The Morgan fingerprint density at radius 1 is 1.30 bits per heavy atom.